The van der Waals surface area contributed by atoms with Crippen molar-refractivity contribution in [3.05, 3.63) is 4.91 Å². The molecule has 0 atom stereocenters. The normalized spacial score (nSPS) is 20.3. The highest BCUT2D eigenvalue weighted by atomic mass is 16.3. The molecule has 1 fully saturated rings. The zero-order chi connectivity index (χ0) is 8.65. The molecule has 0 saturated heterocycles. The molecule has 0 aromatic rings. The highest BCUT2D eigenvalue weighted by molar-refractivity contribution is 4.64. The topological polar surface area (TPSA) is 29.4 Å². The van der Waals surface area contributed by atoms with Crippen LogP contribution in [0.25, 0.3) is 0 Å². The number of nitroso groups, excluding NO2 is 1. The molecule has 0 aromatic heterocycles. The molecule has 12 heavy (non-hydrogen) atoms. The fourth-order valence-electron chi connectivity index (χ4n) is 2.10. The van der Waals surface area contributed by atoms with Crippen LogP contribution in [0.1, 0.15) is 51.4 Å². The highest BCUT2D eigenvalue weighted by Gasteiger charge is 2.11. The molecular weight excluding hydrogens is 150 g/mol. The lowest BCUT2D eigenvalue weighted by molar-refractivity contribution is 0.418. The van der Waals surface area contributed by atoms with Crippen LogP contribution < -0.4 is 0 Å². The van der Waals surface area contributed by atoms with Gasteiger partial charge in [0.2, 0.25) is 0 Å². The Morgan fingerprint density at radius 1 is 1.08 bits per heavy atom. The molecule has 0 bridgehead atoms. The molecule has 0 aromatic carbocycles. The van der Waals surface area contributed by atoms with Crippen molar-refractivity contribution < 1.29 is 0 Å². The predicted molar refractivity (Wildman–Crippen MR) is 51.1 cm³/mol. The smallest absolute Gasteiger partial charge is 0.0811 e. The maximum absolute atomic E-state index is 9.86. The third-order valence-corrected chi connectivity index (χ3v) is 2.84. The molecule has 1 rings (SSSR count). The molecule has 0 unspecified atom stereocenters. The second-order valence-corrected chi connectivity index (χ2v) is 3.85. The molecule has 1 aliphatic carbocycles. The second kappa shape index (κ2) is 6.15. The van der Waals surface area contributed by atoms with E-state index in [1.165, 1.54) is 44.9 Å². The molecule has 0 heterocycles. The number of hydrogen-bond donors (Lipinski definition) is 0. The molecule has 0 N–H and O–H groups in total. The summed E-state index contributed by atoms with van der Waals surface area (Å²) in [5.41, 5.74) is 0. The SMILES string of the molecule is O=NCCCC1CCCCCC1. The van der Waals surface area contributed by atoms with Crippen molar-refractivity contribution in [2.45, 2.75) is 51.4 Å². The van der Waals surface area contributed by atoms with Crippen molar-refractivity contribution in [3.8, 4) is 0 Å². The molecule has 1 saturated carbocycles. The maximum Gasteiger partial charge on any atom is 0.0811 e. The largest absolute Gasteiger partial charge is 0.151 e. The fourth-order valence-corrected chi connectivity index (χ4v) is 2.10. The third kappa shape index (κ3) is 3.84. The van der Waals surface area contributed by atoms with Gasteiger partial charge in [0, 0.05) is 0 Å². The van der Waals surface area contributed by atoms with Gasteiger partial charge in [0.15, 0.2) is 0 Å². The molecule has 70 valence electrons. The molecule has 0 spiro atoms. The predicted octanol–water partition coefficient (Wildman–Crippen LogP) is 3.50. The summed E-state index contributed by atoms with van der Waals surface area (Å²) in [6.45, 7) is 0.524. The quantitative estimate of drug-likeness (QED) is 0.360. The van der Waals surface area contributed by atoms with E-state index in [0.29, 0.717) is 6.54 Å². The van der Waals surface area contributed by atoms with Gasteiger partial charge in [0.25, 0.3) is 0 Å². The van der Waals surface area contributed by atoms with Gasteiger partial charge in [-0.1, -0.05) is 43.7 Å². The average Bonchev–Trinajstić information content (AvgIpc) is 2.33. The lowest BCUT2D eigenvalue weighted by Gasteiger charge is -2.11. The Morgan fingerprint density at radius 2 is 1.75 bits per heavy atom. The van der Waals surface area contributed by atoms with Crippen molar-refractivity contribution in [2.75, 3.05) is 6.54 Å². The van der Waals surface area contributed by atoms with Gasteiger partial charge in [-0.25, -0.2) is 0 Å². The standard InChI is InChI=1S/C10H19NO/c12-11-9-5-8-10-6-3-1-2-4-7-10/h10H,1-9H2. The fraction of sp³-hybridized carbons (Fsp3) is 1.00. The van der Waals surface area contributed by atoms with Crippen LogP contribution in [0, 0.1) is 10.8 Å². The summed E-state index contributed by atoms with van der Waals surface area (Å²) in [5, 5.41) is 2.89. The third-order valence-electron chi connectivity index (χ3n) is 2.84. The zero-order valence-electron chi connectivity index (χ0n) is 7.80. The van der Waals surface area contributed by atoms with Gasteiger partial charge in [-0.2, -0.15) is 4.91 Å². The van der Waals surface area contributed by atoms with Crippen LogP contribution in [0.15, 0.2) is 5.18 Å². The van der Waals surface area contributed by atoms with Crippen molar-refractivity contribution in [1.29, 1.82) is 0 Å². The van der Waals surface area contributed by atoms with Crippen LogP contribution in [0.3, 0.4) is 0 Å². The van der Waals surface area contributed by atoms with Gasteiger partial charge in [-0.3, -0.25) is 0 Å². The van der Waals surface area contributed by atoms with E-state index in [4.69, 9.17) is 0 Å². The number of nitrogens with zero attached hydrogens (tertiary/aromatic N) is 1. The highest BCUT2D eigenvalue weighted by Crippen LogP contribution is 2.26. The van der Waals surface area contributed by atoms with Crippen molar-refractivity contribution in [1.82, 2.24) is 0 Å². The summed E-state index contributed by atoms with van der Waals surface area (Å²) in [4.78, 5) is 9.86. The van der Waals surface area contributed by atoms with Crippen LogP contribution in [0.2, 0.25) is 0 Å². The van der Waals surface area contributed by atoms with Crippen molar-refractivity contribution in [3.63, 3.8) is 0 Å². The molecule has 0 amide bonds. The van der Waals surface area contributed by atoms with Gasteiger partial charge >= 0.3 is 0 Å². The van der Waals surface area contributed by atoms with Crippen LogP contribution in [-0.2, 0) is 0 Å². The lowest BCUT2D eigenvalue weighted by Crippen LogP contribution is -1.99. The van der Waals surface area contributed by atoms with Gasteiger partial charge in [0.1, 0.15) is 0 Å². The summed E-state index contributed by atoms with van der Waals surface area (Å²) in [5.74, 6) is 0.897. The van der Waals surface area contributed by atoms with Crippen LogP contribution >= 0.6 is 0 Å². The van der Waals surface area contributed by atoms with E-state index in [0.717, 1.165) is 12.3 Å². The summed E-state index contributed by atoms with van der Waals surface area (Å²) in [6.07, 6.45) is 10.7. The van der Waals surface area contributed by atoms with E-state index in [-0.39, 0.29) is 0 Å². The summed E-state index contributed by atoms with van der Waals surface area (Å²) < 4.78 is 0. The first-order valence-electron chi connectivity index (χ1n) is 5.22. The molecule has 1 aliphatic rings. The van der Waals surface area contributed by atoms with Gasteiger partial charge in [-0.05, 0) is 18.8 Å². The minimum atomic E-state index is 0.524. The number of rotatable bonds is 4. The average molecular weight is 169 g/mol. The Kier molecular flexibility index (Phi) is 4.97. The molecule has 0 radical (unpaired) electrons. The van der Waals surface area contributed by atoms with E-state index < -0.39 is 0 Å². The van der Waals surface area contributed by atoms with Gasteiger partial charge in [0.05, 0.1) is 6.54 Å². The van der Waals surface area contributed by atoms with E-state index in [9.17, 15) is 4.91 Å². The molecule has 2 nitrogen and oxygen atoms in total. The first-order valence-corrected chi connectivity index (χ1v) is 5.22. The second-order valence-electron chi connectivity index (χ2n) is 3.85. The van der Waals surface area contributed by atoms with Crippen LogP contribution in [0.4, 0.5) is 0 Å². The van der Waals surface area contributed by atoms with Crippen LogP contribution in [-0.4, -0.2) is 6.54 Å². The Balaban J connectivity index is 2.07. The first-order chi connectivity index (χ1) is 5.93. The maximum atomic E-state index is 9.86. The lowest BCUT2D eigenvalue weighted by atomic mass is 9.95. The van der Waals surface area contributed by atoms with Gasteiger partial charge in [-0.15, -0.1) is 0 Å². The molecule has 2 heteroatoms. The summed E-state index contributed by atoms with van der Waals surface area (Å²) >= 11 is 0. The Labute approximate surface area is 74.7 Å². The minimum Gasteiger partial charge on any atom is -0.151 e. The molecular formula is C10H19NO. The Morgan fingerprint density at radius 3 is 2.33 bits per heavy atom. The zero-order valence-corrected chi connectivity index (χ0v) is 7.80. The van der Waals surface area contributed by atoms with E-state index in [2.05, 4.69) is 5.18 Å². The first kappa shape index (κ1) is 9.69. The monoisotopic (exact) mass is 169 g/mol. The Hall–Kier alpha value is -0.400. The summed E-state index contributed by atoms with van der Waals surface area (Å²) in [6, 6.07) is 0. The van der Waals surface area contributed by atoms with E-state index in [1.54, 1.807) is 0 Å². The van der Waals surface area contributed by atoms with E-state index in [1.807, 2.05) is 0 Å². The Bertz CT molecular complexity index is 117. The van der Waals surface area contributed by atoms with E-state index >= 15 is 0 Å². The van der Waals surface area contributed by atoms with Crippen molar-refractivity contribution >= 4 is 0 Å². The van der Waals surface area contributed by atoms with Crippen LogP contribution in [0.5, 0.6) is 0 Å². The number of hydrogen-bond acceptors (Lipinski definition) is 2. The minimum absolute atomic E-state index is 0.524. The van der Waals surface area contributed by atoms with Gasteiger partial charge < -0.3 is 0 Å². The van der Waals surface area contributed by atoms with Crippen molar-refractivity contribution in [2.24, 2.45) is 11.1 Å². The molecule has 0 aliphatic heterocycles. The summed E-state index contributed by atoms with van der Waals surface area (Å²) in [7, 11) is 0.